The minimum Gasteiger partial charge on any atom is -0.267 e. The smallest absolute Gasteiger partial charge is 0.267 e. The summed E-state index contributed by atoms with van der Waals surface area (Å²) in [7, 11) is 0. The number of aromatic nitrogens is 1. The van der Waals surface area contributed by atoms with Crippen LogP contribution in [0.2, 0.25) is 0 Å². The van der Waals surface area contributed by atoms with E-state index in [2.05, 4.69) is 11.1 Å². The van der Waals surface area contributed by atoms with E-state index in [0.717, 1.165) is 10.3 Å². The average molecular weight is 315 g/mol. The molecule has 2 aromatic carbocycles. The van der Waals surface area contributed by atoms with Crippen LogP contribution in [0.5, 0.6) is 0 Å². The van der Waals surface area contributed by atoms with Crippen LogP contribution in [0.1, 0.15) is 16.1 Å². The zero-order chi connectivity index (χ0) is 16.2. The highest BCUT2D eigenvalue weighted by Gasteiger charge is 2.08. The molecule has 0 aliphatic heterocycles. The first-order chi connectivity index (χ1) is 11.2. The van der Waals surface area contributed by atoms with Gasteiger partial charge < -0.3 is 0 Å². The Morgan fingerprint density at radius 2 is 1.83 bits per heavy atom. The lowest BCUT2D eigenvalue weighted by atomic mass is 10.1. The highest BCUT2D eigenvalue weighted by atomic mass is 32.1. The van der Waals surface area contributed by atoms with Crippen molar-refractivity contribution >= 4 is 33.1 Å². The first-order valence-electron chi connectivity index (χ1n) is 6.73. The molecule has 108 valence electrons. The molecule has 4 nitrogen and oxygen atoms in total. The number of hydrogen-bond donors (Lipinski definition) is 0. The Kier molecular flexibility index (Phi) is 3.97. The Morgan fingerprint density at radius 3 is 2.52 bits per heavy atom. The highest BCUT2D eigenvalue weighted by molar-refractivity contribution is 7.19. The molecule has 0 saturated heterocycles. The summed E-state index contributed by atoms with van der Waals surface area (Å²) in [5, 5.41) is 19.1. The second-order valence-electron chi connectivity index (χ2n) is 4.72. The third-order valence-electron chi connectivity index (χ3n) is 3.23. The van der Waals surface area contributed by atoms with Crippen molar-refractivity contribution in [3.05, 3.63) is 75.0 Å². The molecule has 0 saturated carbocycles. The largest absolute Gasteiger partial charge is 0.279 e. The minimum atomic E-state index is -0.338. The summed E-state index contributed by atoms with van der Waals surface area (Å²) in [6.07, 6.45) is 1.66. The third-order valence-corrected chi connectivity index (χ3v) is 4.31. The topological polar surface area (TPSA) is 77.5 Å². The Hall–Kier alpha value is -3.28. The van der Waals surface area contributed by atoms with Crippen LogP contribution in [-0.4, -0.2) is 4.98 Å². The van der Waals surface area contributed by atoms with Crippen molar-refractivity contribution < 1.29 is 0 Å². The molecule has 0 N–H and O–H groups in total. The summed E-state index contributed by atoms with van der Waals surface area (Å²) >= 11 is 1.31. The fourth-order valence-electron chi connectivity index (χ4n) is 2.09. The molecular weight excluding hydrogens is 306 g/mol. The maximum absolute atomic E-state index is 12.1. The number of fused-ring (bicyclic) bond motifs is 1. The van der Waals surface area contributed by atoms with Gasteiger partial charge in [0.1, 0.15) is 11.1 Å². The molecule has 0 radical (unpaired) electrons. The van der Waals surface area contributed by atoms with Gasteiger partial charge in [0.05, 0.1) is 22.6 Å². The number of benzene rings is 2. The van der Waals surface area contributed by atoms with Crippen LogP contribution in [0, 0.1) is 22.7 Å². The number of nitriles is 2. The maximum Gasteiger partial charge on any atom is 0.279 e. The molecule has 0 unspecified atom stereocenters. The molecule has 0 atom stereocenters. The van der Waals surface area contributed by atoms with Gasteiger partial charge in [-0.2, -0.15) is 15.5 Å². The molecular formula is C18H9N3OS. The van der Waals surface area contributed by atoms with Crippen molar-refractivity contribution in [2.75, 3.05) is 0 Å². The Balaban J connectivity index is 2.10. The van der Waals surface area contributed by atoms with Gasteiger partial charge in [-0.3, -0.25) is 4.79 Å². The van der Waals surface area contributed by atoms with E-state index in [4.69, 9.17) is 5.26 Å². The molecule has 0 aliphatic carbocycles. The first kappa shape index (κ1) is 14.6. The molecule has 23 heavy (non-hydrogen) atoms. The van der Waals surface area contributed by atoms with E-state index in [1.54, 1.807) is 42.5 Å². The molecule has 5 heteroatoms. The molecule has 0 aliphatic rings. The van der Waals surface area contributed by atoms with Crippen LogP contribution in [0.4, 0.5) is 0 Å². The average Bonchev–Trinajstić information content (AvgIpc) is 2.60. The van der Waals surface area contributed by atoms with E-state index in [0.29, 0.717) is 21.5 Å². The molecule has 1 aromatic heterocycles. The number of nitrogens with zero attached hydrogens (tertiary/aromatic N) is 3. The zero-order valence-electron chi connectivity index (χ0n) is 11.9. The second kappa shape index (κ2) is 6.23. The van der Waals surface area contributed by atoms with E-state index in [-0.39, 0.29) is 5.56 Å². The van der Waals surface area contributed by atoms with Gasteiger partial charge in [0.25, 0.3) is 5.56 Å². The summed E-state index contributed by atoms with van der Waals surface area (Å²) in [4.78, 5) is 16.1. The molecule has 0 bridgehead atoms. The predicted molar refractivity (Wildman–Crippen MR) is 90.5 cm³/mol. The van der Waals surface area contributed by atoms with Crippen molar-refractivity contribution in [3.8, 4) is 12.1 Å². The monoisotopic (exact) mass is 315 g/mol. The molecule has 1 heterocycles. The maximum atomic E-state index is 12.1. The lowest BCUT2D eigenvalue weighted by Gasteiger charge is -2.00. The first-order valence-corrected chi connectivity index (χ1v) is 7.55. The number of allylic oxidation sites excluding steroid dienone is 1. The van der Waals surface area contributed by atoms with E-state index in [9.17, 15) is 10.1 Å². The lowest BCUT2D eigenvalue weighted by Crippen LogP contribution is -2.07. The van der Waals surface area contributed by atoms with Gasteiger partial charge in [-0.25, -0.2) is 0 Å². The molecule has 3 aromatic rings. The fraction of sp³-hybridized carbons (Fsp3) is 0. The van der Waals surface area contributed by atoms with Crippen LogP contribution in [0.25, 0.3) is 21.7 Å². The van der Waals surface area contributed by atoms with Gasteiger partial charge in [0.2, 0.25) is 0 Å². The molecule has 0 amide bonds. The summed E-state index contributed by atoms with van der Waals surface area (Å²) in [5.74, 6) is 0. The van der Waals surface area contributed by atoms with Crippen molar-refractivity contribution in [2.45, 2.75) is 0 Å². The SMILES string of the molecule is N#CC(=Cc1ccc(C#N)cc1)c1nc(=O)c2ccccc2s1. The molecule has 0 spiro atoms. The van der Waals surface area contributed by atoms with E-state index in [1.165, 1.54) is 11.3 Å². The standard InChI is InChI=1S/C18H9N3OS/c19-10-13-7-5-12(6-8-13)9-14(11-20)18-21-17(22)15-3-1-2-4-16(15)23-18/h1-9H. The summed E-state index contributed by atoms with van der Waals surface area (Å²) in [5.41, 5.74) is 1.31. The van der Waals surface area contributed by atoms with Crippen LogP contribution in [0.3, 0.4) is 0 Å². The predicted octanol–water partition coefficient (Wildman–Crippen LogP) is 3.59. The fourth-order valence-corrected chi connectivity index (χ4v) is 3.05. The Labute approximate surface area is 136 Å². The third kappa shape index (κ3) is 3.01. The van der Waals surface area contributed by atoms with Crippen LogP contribution in [0.15, 0.2) is 53.3 Å². The van der Waals surface area contributed by atoms with Crippen LogP contribution in [-0.2, 0) is 0 Å². The zero-order valence-corrected chi connectivity index (χ0v) is 12.7. The van der Waals surface area contributed by atoms with E-state index < -0.39 is 0 Å². The van der Waals surface area contributed by atoms with Gasteiger partial charge in [-0.05, 0) is 35.9 Å². The summed E-state index contributed by atoms with van der Waals surface area (Å²) in [6, 6.07) is 18.2. The van der Waals surface area contributed by atoms with Crippen molar-refractivity contribution in [1.29, 1.82) is 10.5 Å². The Morgan fingerprint density at radius 1 is 1.09 bits per heavy atom. The lowest BCUT2D eigenvalue weighted by molar-refractivity contribution is 1.28. The quantitative estimate of drug-likeness (QED) is 0.677. The van der Waals surface area contributed by atoms with Gasteiger partial charge >= 0.3 is 0 Å². The van der Waals surface area contributed by atoms with Gasteiger partial charge in [-0.15, -0.1) is 11.3 Å². The van der Waals surface area contributed by atoms with E-state index in [1.807, 2.05) is 18.2 Å². The number of rotatable bonds is 2. The summed E-state index contributed by atoms with van der Waals surface area (Å²) in [6.45, 7) is 0. The highest BCUT2D eigenvalue weighted by Crippen LogP contribution is 2.24. The minimum absolute atomic E-state index is 0.322. The Bertz CT molecular complexity index is 1050. The molecule has 0 fully saturated rings. The van der Waals surface area contributed by atoms with Crippen molar-refractivity contribution in [1.82, 2.24) is 4.98 Å². The van der Waals surface area contributed by atoms with Gasteiger partial charge in [0, 0.05) is 4.70 Å². The second-order valence-corrected chi connectivity index (χ2v) is 5.75. The van der Waals surface area contributed by atoms with Gasteiger partial charge in [-0.1, -0.05) is 24.3 Å². The van der Waals surface area contributed by atoms with Gasteiger partial charge in [0.15, 0.2) is 0 Å². The molecule has 3 rings (SSSR count). The van der Waals surface area contributed by atoms with Crippen LogP contribution >= 0.6 is 11.3 Å². The van der Waals surface area contributed by atoms with Crippen molar-refractivity contribution in [2.24, 2.45) is 0 Å². The normalized spacial score (nSPS) is 11.0. The van der Waals surface area contributed by atoms with Crippen LogP contribution < -0.4 is 5.56 Å². The van der Waals surface area contributed by atoms with Crippen molar-refractivity contribution in [3.63, 3.8) is 0 Å². The van der Waals surface area contributed by atoms with E-state index >= 15 is 0 Å². The number of hydrogen-bond acceptors (Lipinski definition) is 5. The summed E-state index contributed by atoms with van der Waals surface area (Å²) < 4.78 is 0.795.